The largest absolute Gasteiger partial charge is 0.493 e. The summed E-state index contributed by atoms with van der Waals surface area (Å²) in [6.45, 7) is 4.47. The molecule has 1 aliphatic heterocycles. The van der Waals surface area contributed by atoms with Crippen molar-refractivity contribution in [2.24, 2.45) is 5.41 Å². The fourth-order valence-electron chi connectivity index (χ4n) is 2.62. The summed E-state index contributed by atoms with van der Waals surface area (Å²) in [6.07, 6.45) is 0.427. The molecule has 1 atom stereocenters. The van der Waals surface area contributed by atoms with E-state index in [0.717, 1.165) is 0 Å². The number of benzene rings is 1. The number of hydrogen-bond acceptors (Lipinski definition) is 4. The number of likely N-dealkylation sites (tertiary alicyclic amines) is 1. The number of carboxylic acid groups (broad SMARTS) is 1. The molecule has 0 aromatic heterocycles. The number of carbonyl (C=O) groups is 2. The monoisotopic (exact) mass is 341 g/mol. The normalized spacial score (nSPS) is 20.4. The predicted octanol–water partition coefficient (Wildman–Crippen LogP) is 2.68. The Bertz CT molecular complexity index is 633. The third-order valence-electron chi connectivity index (χ3n) is 4.04. The van der Waals surface area contributed by atoms with Crippen LogP contribution in [0.3, 0.4) is 0 Å². The van der Waals surface area contributed by atoms with Crippen LogP contribution in [-0.2, 0) is 4.79 Å². The minimum absolute atomic E-state index is 0.175. The van der Waals surface area contributed by atoms with E-state index < -0.39 is 11.4 Å². The van der Waals surface area contributed by atoms with Crippen LogP contribution < -0.4 is 9.47 Å². The highest BCUT2D eigenvalue weighted by atomic mass is 35.5. The second-order valence-electron chi connectivity index (χ2n) is 5.76. The lowest BCUT2D eigenvalue weighted by molar-refractivity contribution is -0.147. The molecule has 6 nitrogen and oxygen atoms in total. The molecule has 0 bridgehead atoms. The Labute approximate surface area is 139 Å². The summed E-state index contributed by atoms with van der Waals surface area (Å²) in [5.41, 5.74) is -0.556. The summed E-state index contributed by atoms with van der Waals surface area (Å²) < 4.78 is 10.7. The SMILES string of the molecule is CCOc1c(Cl)cc(C(=O)N2CCC(C)(C(=O)O)C2)cc1OC. The quantitative estimate of drug-likeness (QED) is 0.891. The first-order chi connectivity index (χ1) is 10.8. The van der Waals surface area contributed by atoms with Gasteiger partial charge in [0.15, 0.2) is 11.5 Å². The van der Waals surface area contributed by atoms with Crippen molar-refractivity contribution in [3.8, 4) is 11.5 Å². The zero-order valence-corrected chi connectivity index (χ0v) is 14.1. The highest BCUT2D eigenvalue weighted by Crippen LogP contribution is 2.38. The summed E-state index contributed by atoms with van der Waals surface area (Å²) in [6, 6.07) is 3.09. The van der Waals surface area contributed by atoms with Gasteiger partial charge in [0.2, 0.25) is 0 Å². The Morgan fingerprint density at radius 3 is 2.65 bits per heavy atom. The number of halogens is 1. The van der Waals surface area contributed by atoms with Crippen LogP contribution in [0.4, 0.5) is 0 Å². The maximum atomic E-state index is 12.6. The maximum Gasteiger partial charge on any atom is 0.311 e. The number of carboxylic acids is 1. The van der Waals surface area contributed by atoms with Gasteiger partial charge in [-0.2, -0.15) is 0 Å². The molecule has 23 heavy (non-hydrogen) atoms. The first-order valence-corrected chi connectivity index (χ1v) is 7.73. The molecule has 1 amide bonds. The Hall–Kier alpha value is -1.95. The zero-order valence-electron chi connectivity index (χ0n) is 13.4. The van der Waals surface area contributed by atoms with Crippen LogP contribution in [0, 0.1) is 5.41 Å². The second kappa shape index (κ2) is 6.66. The van der Waals surface area contributed by atoms with Crippen LogP contribution >= 0.6 is 11.6 Å². The summed E-state index contributed by atoms with van der Waals surface area (Å²) in [5.74, 6) is -0.388. The van der Waals surface area contributed by atoms with Crippen LogP contribution in [0.1, 0.15) is 30.6 Å². The second-order valence-corrected chi connectivity index (χ2v) is 6.17. The van der Waals surface area contributed by atoms with E-state index >= 15 is 0 Å². The first kappa shape index (κ1) is 17.4. The highest BCUT2D eigenvalue weighted by Gasteiger charge is 2.42. The molecule has 0 spiro atoms. The molecule has 1 saturated heterocycles. The van der Waals surface area contributed by atoms with Crippen LogP contribution in [0.5, 0.6) is 11.5 Å². The number of carbonyl (C=O) groups excluding carboxylic acids is 1. The average molecular weight is 342 g/mol. The van der Waals surface area contributed by atoms with E-state index in [-0.39, 0.29) is 17.5 Å². The van der Waals surface area contributed by atoms with Crippen LogP contribution in [0.2, 0.25) is 5.02 Å². The molecule has 1 unspecified atom stereocenters. The topological polar surface area (TPSA) is 76.1 Å². The minimum atomic E-state index is -0.908. The lowest BCUT2D eigenvalue weighted by Crippen LogP contribution is -2.34. The van der Waals surface area contributed by atoms with Crippen LogP contribution in [0.25, 0.3) is 0 Å². The number of rotatable bonds is 5. The number of methoxy groups -OCH3 is 1. The summed E-state index contributed by atoms with van der Waals surface area (Å²) in [5, 5.41) is 9.56. The van der Waals surface area contributed by atoms with Crippen molar-refractivity contribution < 1.29 is 24.2 Å². The Morgan fingerprint density at radius 2 is 2.13 bits per heavy atom. The highest BCUT2D eigenvalue weighted by molar-refractivity contribution is 6.32. The maximum absolute atomic E-state index is 12.6. The van der Waals surface area contributed by atoms with E-state index in [1.807, 2.05) is 6.92 Å². The third kappa shape index (κ3) is 3.37. The molecule has 1 aliphatic rings. The van der Waals surface area contributed by atoms with Gasteiger partial charge in [-0.05, 0) is 32.4 Å². The molecule has 1 fully saturated rings. The van der Waals surface area contributed by atoms with Crippen molar-refractivity contribution >= 4 is 23.5 Å². The Morgan fingerprint density at radius 1 is 1.43 bits per heavy atom. The standard InChI is InChI=1S/C16H20ClNO5/c1-4-23-13-11(17)7-10(8-12(13)22-3)14(19)18-6-5-16(2,9-18)15(20)21/h7-8H,4-6,9H2,1-3H3,(H,20,21). The lowest BCUT2D eigenvalue weighted by Gasteiger charge is -2.21. The van der Waals surface area contributed by atoms with Gasteiger partial charge in [-0.15, -0.1) is 0 Å². The third-order valence-corrected chi connectivity index (χ3v) is 4.32. The number of amides is 1. The van der Waals surface area contributed by atoms with Crippen molar-refractivity contribution in [3.05, 3.63) is 22.7 Å². The van der Waals surface area contributed by atoms with Gasteiger partial charge < -0.3 is 19.5 Å². The number of ether oxygens (including phenoxy) is 2. The van der Waals surface area contributed by atoms with E-state index in [1.54, 1.807) is 13.0 Å². The van der Waals surface area contributed by atoms with Crippen LogP contribution in [-0.4, -0.2) is 48.7 Å². The van der Waals surface area contributed by atoms with Gasteiger partial charge in [0.1, 0.15) is 0 Å². The minimum Gasteiger partial charge on any atom is -0.493 e. The van der Waals surface area contributed by atoms with E-state index in [9.17, 15) is 14.7 Å². The van der Waals surface area contributed by atoms with Gasteiger partial charge in [-0.3, -0.25) is 9.59 Å². The van der Waals surface area contributed by atoms with Gasteiger partial charge in [0, 0.05) is 18.7 Å². The zero-order chi connectivity index (χ0) is 17.2. The van der Waals surface area contributed by atoms with E-state index in [1.165, 1.54) is 18.1 Å². The fourth-order valence-corrected chi connectivity index (χ4v) is 2.88. The molecule has 1 N–H and O–H groups in total. The van der Waals surface area contributed by atoms with Crippen molar-refractivity contribution in [2.45, 2.75) is 20.3 Å². The molecule has 1 aromatic carbocycles. The number of hydrogen-bond donors (Lipinski definition) is 1. The summed E-state index contributed by atoms with van der Waals surface area (Å²) in [4.78, 5) is 25.5. The molecule has 7 heteroatoms. The predicted molar refractivity (Wildman–Crippen MR) is 85.4 cm³/mol. The lowest BCUT2D eigenvalue weighted by atomic mass is 9.90. The number of aliphatic carboxylic acids is 1. The molecule has 0 aliphatic carbocycles. The van der Waals surface area contributed by atoms with E-state index in [2.05, 4.69) is 0 Å². The van der Waals surface area contributed by atoms with Gasteiger partial charge in [-0.1, -0.05) is 11.6 Å². The molecule has 126 valence electrons. The van der Waals surface area contributed by atoms with Crippen LogP contribution in [0.15, 0.2) is 12.1 Å². The average Bonchev–Trinajstić information content (AvgIpc) is 2.92. The molecule has 1 aromatic rings. The Balaban J connectivity index is 2.27. The molecule has 2 rings (SSSR count). The van der Waals surface area contributed by atoms with Gasteiger partial charge in [0.05, 0.1) is 24.2 Å². The van der Waals surface area contributed by atoms with Crippen molar-refractivity contribution in [1.82, 2.24) is 4.90 Å². The molecular formula is C16H20ClNO5. The summed E-state index contributed by atoms with van der Waals surface area (Å²) >= 11 is 6.18. The van der Waals surface area contributed by atoms with Crippen molar-refractivity contribution in [1.29, 1.82) is 0 Å². The fraction of sp³-hybridized carbons (Fsp3) is 0.500. The van der Waals surface area contributed by atoms with E-state index in [4.69, 9.17) is 21.1 Å². The Kier molecular flexibility index (Phi) is 5.04. The van der Waals surface area contributed by atoms with Crippen molar-refractivity contribution in [3.63, 3.8) is 0 Å². The molecule has 0 radical (unpaired) electrons. The first-order valence-electron chi connectivity index (χ1n) is 7.35. The van der Waals surface area contributed by atoms with Gasteiger partial charge in [0.25, 0.3) is 5.91 Å². The summed E-state index contributed by atoms with van der Waals surface area (Å²) in [7, 11) is 1.47. The van der Waals surface area contributed by atoms with E-state index in [0.29, 0.717) is 36.6 Å². The molecule has 1 heterocycles. The van der Waals surface area contributed by atoms with Gasteiger partial charge >= 0.3 is 5.97 Å². The van der Waals surface area contributed by atoms with Gasteiger partial charge in [-0.25, -0.2) is 0 Å². The van der Waals surface area contributed by atoms with Crippen molar-refractivity contribution in [2.75, 3.05) is 26.8 Å². The molecule has 0 saturated carbocycles. The molecular weight excluding hydrogens is 322 g/mol. The number of nitrogens with zero attached hydrogens (tertiary/aromatic N) is 1. The smallest absolute Gasteiger partial charge is 0.311 e.